The summed E-state index contributed by atoms with van der Waals surface area (Å²) in [5, 5.41) is 115. The van der Waals surface area contributed by atoms with Gasteiger partial charge in [-0.3, -0.25) is 119 Å². The van der Waals surface area contributed by atoms with Crippen LogP contribution in [0.4, 0.5) is 0 Å². The van der Waals surface area contributed by atoms with Gasteiger partial charge in [0, 0.05) is 63.6 Å². The first-order valence-corrected chi connectivity index (χ1v) is 50.0. The number of phenolic OH excluding ortho intramolecular Hbond substituents is 1. The SMILES string of the molecule is CC(C)C[C@H](NC(=O)[C@H](CCCNC(=N)N)NC(=O)CNC(=O)CNC(=O)[C@@H](N)CCCNC(=N)N)C(=O)N[C@@H](C)C(=O)N[C@@H](Cc1ccc(O)cc1)C(=O)N[C@H]1CSSC[C@@H](C(=O)N[C@H](C(=O)N[C@@H](C)C(=O)N[C@H](C(=O)NCC(=O)N[C@@H](CCCNC(=N)N)C(N)=O)C(C)C)C(C)C)NC(=O)[C@H](Cc2ccccc2)NC(=O)[C@H](CCCNC(=N)N)NC(=O)[C@H](CCCNC(=N)N)NC(=O)[C@H](CCCNC(=N)N)NC1=O. The van der Waals surface area contributed by atoms with Gasteiger partial charge in [0.05, 0.1) is 25.7 Å². The number of hydrogen-bond donors (Lipinski definition) is 38. The van der Waals surface area contributed by atoms with E-state index in [2.05, 4.69) is 122 Å². The molecule has 0 unspecified atom stereocenters. The maximum absolute atomic E-state index is 15.5. The fraction of sp³-hybridized carbons (Fsp3) is 0.591. The van der Waals surface area contributed by atoms with Gasteiger partial charge in [-0.1, -0.05) is 106 Å². The van der Waals surface area contributed by atoms with Crippen LogP contribution < -0.4 is 168 Å². The van der Waals surface area contributed by atoms with Gasteiger partial charge in [-0.25, -0.2) is 0 Å². The number of phenols is 1. The molecule has 15 atom stereocenters. The number of guanidine groups is 6. The molecule has 0 aliphatic carbocycles. The molecule has 2 aromatic rings. The molecule has 1 aliphatic heterocycles. The number of nitrogens with two attached hydrogens (primary N) is 8. The molecule has 0 radical (unpaired) electrons. The third-order valence-corrected chi connectivity index (χ3v) is 24.3. The molecule has 58 heteroatoms. The van der Waals surface area contributed by atoms with E-state index < -0.39 is 270 Å². The van der Waals surface area contributed by atoms with Crippen LogP contribution in [0.5, 0.6) is 5.75 Å². The number of rotatable bonds is 57. The van der Waals surface area contributed by atoms with E-state index in [1.54, 1.807) is 58.0 Å². The first-order chi connectivity index (χ1) is 68.8. The Kier molecular flexibility index (Phi) is 57.2. The molecule has 1 aliphatic rings. The Bertz CT molecular complexity index is 4780. The molecule has 56 nitrogen and oxygen atoms in total. The summed E-state index contributed by atoms with van der Waals surface area (Å²) in [5.41, 5.74) is 45.2. The van der Waals surface area contributed by atoms with Crippen molar-refractivity contribution in [2.24, 2.45) is 63.6 Å². The van der Waals surface area contributed by atoms with Crippen molar-refractivity contribution in [3.63, 3.8) is 0 Å². The zero-order chi connectivity index (χ0) is 109. The number of benzene rings is 2. The Morgan fingerprint density at radius 2 is 0.774 bits per heavy atom. The van der Waals surface area contributed by atoms with Crippen molar-refractivity contribution >= 4 is 164 Å². The molecule has 0 bridgehead atoms. The summed E-state index contributed by atoms with van der Waals surface area (Å²) in [5.74, 6) is -22.6. The largest absolute Gasteiger partial charge is 0.508 e. The van der Waals surface area contributed by atoms with Crippen LogP contribution >= 0.6 is 21.6 Å². The molecule has 146 heavy (non-hydrogen) atoms. The summed E-state index contributed by atoms with van der Waals surface area (Å²) in [6.07, 6.45) is -0.871. The number of amides is 18. The van der Waals surface area contributed by atoms with Gasteiger partial charge in [0.2, 0.25) is 106 Å². The number of hydrogen-bond acceptors (Lipinski definition) is 28. The summed E-state index contributed by atoms with van der Waals surface area (Å²) in [6.45, 7) is 10.5. The van der Waals surface area contributed by atoms with Crippen molar-refractivity contribution in [1.82, 2.24) is 122 Å². The van der Waals surface area contributed by atoms with E-state index in [1.807, 2.05) is 0 Å². The molecule has 0 aromatic heterocycles. The Morgan fingerprint density at radius 3 is 1.25 bits per heavy atom. The van der Waals surface area contributed by atoms with Gasteiger partial charge in [0.15, 0.2) is 35.8 Å². The van der Waals surface area contributed by atoms with Crippen LogP contribution in [0.1, 0.15) is 150 Å². The van der Waals surface area contributed by atoms with Crippen LogP contribution in [-0.2, 0) is 99.1 Å². The zero-order valence-corrected chi connectivity index (χ0v) is 84.8. The molecular formula is C88H149N37O19S2. The molecule has 1 saturated heterocycles. The van der Waals surface area contributed by atoms with E-state index in [-0.39, 0.29) is 152 Å². The Labute approximate surface area is 853 Å². The Hall–Kier alpha value is -15.0. The summed E-state index contributed by atoms with van der Waals surface area (Å²) in [4.78, 5) is 257. The van der Waals surface area contributed by atoms with Gasteiger partial charge in [0.25, 0.3) is 0 Å². The second-order valence-corrected chi connectivity index (χ2v) is 38.1. The van der Waals surface area contributed by atoms with E-state index in [0.29, 0.717) is 12.0 Å². The predicted molar refractivity (Wildman–Crippen MR) is 545 cm³/mol. The fourth-order valence-electron chi connectivity index (χ4n) is 14.0. The summed E-state index contributed by atoms with van der Waals surface area (Å²) < 4.78 is 0. The monoisotopic (exact) mass is 2090 g/mol. The predicted octanol–water partition coefficient (Wildman–Crippen LogP) is -10.5. The number of aromatic hydroxyl groups is 1. The highest BCUT2D eigenvalue weighted by atomic mass is 33.1. The highest BCUT2D eigenvalue weighted by molar-refractivity contribution is 8.76. The first-order valence-electron chi connectivity index (χ1n) is 47.5. The topological polar surface area (TPSA) is 955 Å². The third kappa shape index (κ3) is 51.3. The minimum atomic E-state index is -1.83. The van der Waals surface area contributed by atoms with Crippen LogP contribution in [0.25, 0.3) is 0 Å². The van der Waals surface area contributed by atoms with Crippen molar-refractivity contribution in [2.75, 3.05) is 70.4 Å². The van der Waals surface area contributed by atoms with Crippen LogP contribution in [-0.4, -0.2) is 308 Å². The van der Waals surface area contributed by atoms with E-state index in [4.69, 9.17) is 78.3 Å². The molecule has 812 valence electrons. The first kappa shape index (κ1) is 125. The minimum Gasteiger partial charge on any atom is -0.508 e. The maximum Gasteiger partial charge on any atom is 0.244 e. The third-order valence-electron chi connectivity index (χ3n) is 21.9. The molecule has 0 spiro atoms. The molecule has 46 N–H and O–H groups in total. The van der Waals surface area contributed by atoms with E-state index in [0.717, 1.165) is 21.6 Å². The van der Waals surface area contributed by atoms with Crippen molar-refractivity contribution in [1.29, 1.82) is 32.5 Å². The van der Waals surface area contributed by atoms with Gasteiger partial charge >= 0.3 is 0 Å². The lowest BCUT2D eigenvalue weighted by Gasteiger charge is -2.29. The van der Waals surface area contributed by atoms with Crippen LogP contribution in [0, 0.1) is 50.2 Å². The minimum absolute atomic E-state index is 0.00649. The van der Waals surface area contributed by atoms with Crippen LogP contribution in [0.3, 0.4) is 0 Å². The van der Waals surface area contributed by atoms with Crippen LogP contribution in [0.15, 0.2) is 54.6 Å². The lowest BCUT2D eigenvalue weighted by Crippen LogP contribution is -2.62. The highest BCUT2D eigenvalue weighted by Crippen LogP contribution is 2.25. The molecular weight excluding hydrogens is 1940 g/mol. The van der Waals surface area contributed by atoms with Crippen LogP contribution in [0.2, 0.25) is 0 Å². The van der Waals surface area contributed by atoms with Gasteiger partial charge in [0.1, 0.15) is 90.3 Å². The number of carbonyl (C=O) groups is 18. The molecule has 18 amide bonds. The van der Waals surface area contributed by atoms with Gasteiger partial charge in [-0.2, -0.15) is 0 Å². The quantitative estimate of drug-likeness (QED) is 0.0127. The van der Waals surface area contributed by atoms with Crippen molar-refractivity contribution in [2.45, 2.75) is 242 Å². The van der Waals surface area contributed by atoms with Crippen molar-refractivity contribution in [3.8, 4) is 5.75 Å². The lowest BCUT2D eigenvalue weighted by molar-refractivity contribution is -0.136. The maximum atomic E-state index is 15.5. The zero-order valence-electron chi connectivity index (χ0n) is 83.2. The second-order valence-electron chi connectivity index (χ2n) is 35.5. The van der Waals surface area contributed by atoms with Gasteiger partial charge in [-0.15, -0.1) is 0 Å². The average molecular weight is 2090 g/mol. The van der Waals surface area contributed by atoms with Gasteiger partial charge < -0.3 is 173 Å². The average Bonchev–Trinajstić information content (AvgIpc) is 0.845. The molecule has 3 rings (SSSR count). The molecule has 2 aromatic carbocycles. The number of carbonyl (C=O) groups excluding carboxylic acids is 18. The molecule has 1 heterocycles. The molecule has 1 fully saturated rings. The number of nitrogens with one attached hydrogen (secondary N) is 29. The van der Waals surface area contributed by atoms with Crippen molar-refractivity contribution in [3.05, 3.63) is 65.7 Å². The standard InChI is InChI=1S/C88H149N37O19S2/c1-44(2)36-58(120-72(134)54(22-14-32-105-85(95)96)115-64(128)40-109-63(127)39-110-71(133)52(89)20-12-30-103-83(91)92)76(138)112-47(7)69(131)119-59(38-50-26-28-51(126)29-27-50)77(139)122-61-42-145-146-43-62(80(142)125-67(46(5)6)82(144)113-48(8)70(132)124-66(45(3)4)81(143)111-41-65(129)114-53(68(90)130)21-13-31-104-84(93)94)123-78(140)60(37-49-18-10-9-11-19-49)121-75(137)57(25-17-35-108-88(101)102)117-73(135)55(23-15-33-106-86(97)98)116-74(136)56(118-79(61)141)24-16-34-107-87(99)100/h9-11,18-19,26-29,44-48,52-62,66-67,126H,12-17,20-25,30-43,89H2,1-8H3,(H2,90,130)(H,109,127)(H,110,133)(H,111,143)(H,112,138)(H,113,144)(H,114,129)(H,115,128)(H,116,136)(H,117,135)(H,118,141)(H,119,131)(H,120,134)(H,121,137)(H,122,139)(H,123,140)(H,124,132)(H,125,142)(H4,91,92,103)(H4,93,94,104)(H4,95,96,105)(H4,97,98,106)(H4,99,100,107)(H4,101,102,108)/t47-,48-,52-,53-,54-,55-,56-,57-,58-,59-,60-,61-,62-,66-,67-/m0/s1. The Morgan fingerprint density at radius 1 is 0.377 bits per heavy atom. The lowest BCUT2D eigenvalue weighted by atomic mass is 10.0. The van der Waals surface area contributed by atoms with E-state index in [9.17, 15) is 57.8 Å². The summed E-state index contributed by atoms with van der Waals surface area (Å²) in [6, 6.07) is -9.34. The number of primary amides is 1. The Balaban J connectivity index is 2.27. The van der Waals surface area contributed by atoms with E-state index >= 15 is 33.6 Å². The van der Waals surface area contributed by atoms with Crippen molar-refractivity contribution < 1.29 is 91.4 Å². The molecule has 0 saturated carbocycles. The summed E-state index contributed by atoms with van der Waals surface area (Å²) >= 11 is 0. The van der Waals surface area contributed by atoms with Gasteiger partial charge in [-0.05, 0) is 138 Å². The smallest absolute Gasteiger partial charge is 0.244 e. The fourth-order valence-corrected chi connectivity index (χ4v) is 16.3. The normalized spacial score (nSPS) is 17.5. The van der Waals surface area contributed by atoms with E-state index in [1.165, 1.54) is 52.0 Å². The second kappa shape index (κ2) is 66.8. The highest BCUT2D eigenvalue weighted by Gasteiger charge is 2.40. The summed E-state index contributed by atoms with van der Waals surface area (Å²) in [7, 11) is 1.59.